The molecule has 1 saturated heterocycles. The molecule has 5 heteroatoms. The summed E-state index contributed by atoms with van der Waals surface area (Å²) in [6.45, 7) is 6.76. The third-order valence-corrected chi connectivity index (χ3v) is 6.16. The van der Waals surface area contributed by atoms with Crippen molar-refractivity contribution in [2.24, 2.45) is 0 Å². The van der Waals surface area contributed by atoms with E-state index in [9.17, 15) is 0 Å². The molecule has 1 fully saturated rings. The van der Waals surface area contributed by atoms with E-state index in [-0.39, 0.29) is 0 Å². The van der Waals surface area contributed by atoms with Crippen molar-refractivity contribution in [3.05, 3.63) is 65.7 Å². The fourth-order valence-corrected chi connectivity index (χ4v) is 4.55. The third kappa shape index (κ3) is 4.37. The maximum Gasteiger partial charge on any atom is 0.203 e. The van der Waals surface area contributed by atoms with E-state index in [4.69, 9.17) is 14.2 Å². The average molecular weight is 409 g/mol. The Morgan fingerprint density at radius 2 is 1.30 bits per heavy atom. The van der Waals surface area contributed by atoms with Crippen molar-refractivity contribution in [1.82, 2.24) is 0 Å². The molecule has 1 aliphatic heterocycles. The van der Waals surface area contributed by atoms with Crippen molar-refractivity contribution >= 4 is 10.8 Å². The Labute approximate surface area is 178 Å². The number of hydrogen-bond acceptors (Lipinski definition) is 3. The molecule has 0 atom stereocenters. The van der Waals surface area contributed by atoms with Gasteiger partial charge in [0.05, 0.1) is 21.3 Å². The van der Waals surface area contributed by atoms with Crippen LogP contribution in [0.15, 0.2) is 54.6 Å². The molecule has 1 aliphatic rings. The van der Waals surface area contributed by atoms with Crippen LogP contribution >= 0.6 is 0 Å². The molecule has 30 heavy (non-hydrogen) atoms. The van der Waals surface area contributed by atoms with Crippen LogP contribution in [0.2, 0.25) is 0 Å². The maximum absolute atomic E-state index is 5.51. The van der Waals surface area contributed by atoms with Crippen molar-refractivity contribution in [1.29, 1.82) is 0 Å². The fourth-order valence-electron chi connectivity index (χ4n) is 4.55. The predicted octanol–water partition coefficient (Wildman–Crippen LogP) is 1.35. The third-order valence-electron chi connectivity index (χ3n) is 6.16. The fraction of sp³-hybridized carbons (Fsp3) is 0.360. The Bertz CT molecular complexity index is 966. The molecule has 0 radical (unpaired) electrons. The normalized spacial score (nSPS) is 18.9. The first-order valence-electron chi connectivity index (χ1n) is 10.6. The van der Waals surface area contributed by atoms with Crippen LogP contribution < -0.4 is 24.0 Å². The zero-order valence-corrected chi connectivity index (χ0v) is 18.2. The van der Waals surface area contributed by atoms with Gasteiger partial charge in [0, 0.05) is 11.1 Å². The van der Waals surface area contributed by atoms with Gasteiger partial charge in [0.2, 0.25) is 5.75 Å². The van der Waals surface area contributed by atoms with Gasteiger partial charge in [0.15, 0.2) is 11.5 Å². The Balaban J connectivity index is 1.39. The summed E-state index contributed by atoms with van der Waals surface area (Å²) in [5, 5.41) is 2.72. The Kier molecular flexibility index (Phi) is 6.41. The van der Waals surface area contributed by atoms with E-state index in [0.717, 1.165) is 37.7 Å². The zero-order chi connectivity index (χ0) is 20.9. The largest absolute Gasteiger partial charge is 0.493 e. The van der Waals surface area contributed by atoms with Crippen LogP contribution in [0.3, 0.4) is 0 Å². The second kappa shape index (κ2) is 9.37. The molecule has 0 aromatic heterocycles. The molecular formula is C25H32N2O3+2. The molecule has 1 heterocycles. The molecule has 0 bridgehead atoms. The lowest BCUT2D eigenvalue weighted by Crippen LogP contribution is -3.27. The second-order valence-corrected chi connectivity index (χ2v) is 8.03. The molecule has 3 aromatic rings. The lowest BCUT2D eigenvalue weighted by atomic mass is 10.0. The van der Waals surface area contributed by atoms with Gasteiger partial charge in [-0.15, -0.1) is 0 Å². The van der Waals surface area contributed by atoms with E-state index in [0.29, 0.717) is 5.75 Å². The predicted molar refractivity (Wildman–Crippen MR) is 119 cm³/mol. The Morgan fingerprint density at radius 3 is 1.93 bits per heavy atom. The van der Waals surface area contributed by atoms with Gasteiger partial charge in [-0.3, -0.25) is 0 Å². The molecular weight excluding hydrogens is 376 g/mol. The van der Waals surface area contributed by atoms with Gasteiger partial charge < -0.3 is 24.0 Å². The van der Waals surface area contributed by atoms with Crippen molar-refractivity contribution in [2.45, 2.75) is 13.1 Å². The minimum atomic E-state index is 0.656. The highest BCUT2D eigenvalue weighted by atomic mass is 16.5. The van der Waals surface area contributed by atoms with Crippen LogP contribution in [-0.2, 0) is 13.1 Å². The van der Waals surface area contributed by atoms with Crippen LogP contribution in [0.5, 0.6) is 17.2 Å². The van der Waals surface area contributed by atoms with Crippen molar-refractivity contribution in [3.8, 4) is 17.2 Å². The summed E-state index contributed by atoms with van der Waals surface area (Å²) < 4.78 is 16.5. The monoisotopic (exact) mass is 408 g/mol. The topological polar surface area (TPSA) is 36.6 Å². The van der Waals surface area contributed by atoms with Gasteiger partial charge >= 0.3 is 0 Å². The van der Waals surface area contributed by atoms with E-state index >= 15 is 0 Å². The first kappa shape index (κ1) is 20.5. The number of piperazine rings is 1. The van der Waals surface area contributed by atoms with Gasteiger partial charge in [0.25, 0.3) is 0 Å². The zero-order valence-electron chi connectivity index (χ0n) is 18.2. The molecule has 2 N–H and O–H groups in total. The molecule has 5 nitrogen and oxygen atoms in total. The summed E-state index contributed by atoms with van der Waals surface area (Å²) in [6.07, 6.45) is 0. The van der Waals surface area contributed by atoms with E-state index in [1.165, 1.54) is 35.0 Å². The highest BCUT2D eigenvalue weighted by molar-refractivity contribution is 5.85. The highest BCUT2D eigenvalue weighted by Crippen LogP contribution is 2.37. The van der Waals surface area contributed by atoms with Crippen LogP contribution in [-0.4, -0.2) is 47.5 Å². The summed E-state index contributed by atoms with van der Waals surface area (Å²) in [7, 11) is 4.98. The molecule has 0 amide bonds. The Hall–Kier alpha value is -2.76. The van der Waals surface area contributed by atoms with E-state index < -0.39 is 0 Å². The van der Waals surface area contributed by atoms with Crippen LogP contribution in [0.1, 0.15) is 11.1 Å². The minimum Gasteiger partial charge on any atom is -0.493 e. The highest BCUT2D eigenvalue weighted by Gasteiger charge is 2.24. The molecule has 4 rings (SSSR count). The number of methoxy groups -OCH3 is 3. The summed E-state index contributed by atoms with van der Waals surface area (Å²) in [5.74, 6) is 2.11. The number of rotatable bonds is 7. The summed E-state index contributed by atoms with van der Waals surface area (Å²) in [4.78, 5) is 3.27. The van der Waals surface area contributed by atoms with Crippen molar-refractivity contribution in [3.63, 3.8) is 0 Å². The SMILES string of the molecule is COc1cc(C[NH+]2CC[NH+](Cc3cccc4ccccc34)CC2)cc(OC)c1OC. The molecule has 158 valence electrons. The molecule has 0 unspecified atom stereocenters. The van der Waals surface area contributed by atoms with Gasteiger partial charge in [-0.05, 0) is 22.9 Å². The second-order valence-electron chi connectivity index (χ2n) is 8.03. The maximum atomic E-state index is 5.51. The van der Waals surface area contributed by atoms with E-state index in [2.05, 4.69) is 54.6 Å². The number of hydrogen-bond donors (Lipinski definition) is 2. The molecule has 3 aromatic carbocycles. The lowest BCUT2D eigenvalue weighted by molar-refractivity contribution is -1.02. The summed E-state index contributed by atoms with van der Waals surface area (Å²) in [6, 6.07) is 19.5. The van der Waals surface area contributed by atoms with Gasteiger partial charge in [-0.25, -0.2) is 0 Å². The van der Waals surface area contributed by atoms with Crippen LogP contribution in [0, 0.1) is 0 Å². The molecule has 0 spiro atoms. The quantitative estimate of drug-likeness (QED) is 0.620. The van der Waals surface area contributed by atoms with Crippen LogP contribution in [0.25, 0.3) is 10.8 Å². The molecule has 0 saturated carbocycles. The van der Waals surface area contributed by atoms with Crippen LogP contribution in [0.4, 0.5) is 0 Å². The van der Waals surface area contributed by atoms with Gasteiger partial charge in [-0.1, -0.05) is 42.5 Å². The summed E-state index contributed by atoms with van der Waals surface area (Å²) in [5.41, 5.74) is 2.67. The number of ether oxygens (including phenoxy) is 3. The number of fused-ring (bicyclic) bond motifs is 1. The number of quaternary nitrogens is 2. The van der Waals surface area contributed by atoms with E-state index in [1.807, 2.05) is 0 Å². The van der Waals surface area contributed by atoms with Gasteiger partial charge in [0.1, 0.15) is 39.3 Å². The minimum absolute atomic E-state index is 0.656. The van der Waals surface area contributed by atoms with Crippen molar-refractivity contribution in [2.75, 3.05) is 47.5 Å². The first-order valence-corrected chi connectivity index (χ1v) is 10.6. The standard InChI is InChI=1S/C25H30N2O3/c1-28-23-15-19(16-24(29-2)25(23)30-3)17-26-11-13-27(14-12-26)18-21-9-6-8-20-7-4-5-10-22(20)21/h4-10,15-16H,11-14,17-18H2,1-3H3/p+2. The lowest BCUT2D eigenvalue weighted by Gasteiger charge is -2.30. The molecule has 0 aliphatic carbocycles. The Morgan fingerprint density at radius 1 is 0.700 bits per heavy atom. The van der Waals surface area contributed by atoms with Crippen molar-refractivity contribution < 1.29 is 24.0 Å². The smallest absolute Gasteiger partial charge is 0.203 e. The average Bonchev–Trinajstić information content (AvgIpc) is 2.80. The van der Waals surface area contributed by atoms with E-state index in [1.54, 1.807) is 31.1 Å². The number of nitrogens with one attached hydrogen (secondary N) is 2. The number of benzene rings is 3. The first-order chi connectivity index (χ1) is 14.7. The van der Waals surface area contributed by atoms with Gasteiger partial charge in [-0.2, -0.15) is 0 Å². The summed E-state index contributed by atoms with van der Waals surface area (Å²) >= 11 is 0.